The maximum atomic E-state index is 9.49. The van der Waals surface area contributed by atoms with Gasteiger partial charge in [-0.3, -0.25) is 0 Å². The van der Waals surface area contributed by atoms with Crippen LogP contribution in [0.5, 0.6) is 0 Å². The van der Waals surface area contributed by atoms with Gasteiger partial charge in [0.25, 0.3) is 0 Å². The zero-order valence-electron chi connectivity index (χ0n) is 15.7. The molecular formula is C22H25N3. The number of rotatable bonds is 2. The molecule has 2 saturated carbocycles. The predicted octanol–water partition coefficient (Wildman–Crippen LogP) is 4.94. The molecule has 128 valence electrons. The van der Waals surface area contributed by atoms with E-state index in [9.17, 15) is 10.5 Å². The smallest absolute Gasteiger partial charge is 0.133 e. The normalized spacial score (nSPS) is 27.9. The minimum Gasteiger partial charge on any atom is -0.378 e. The summed E-state index contributed by atoms with van der Waals surface area (Å²) in [6.45, 7) is 6.87. The second-order valence-electron chi connectivity index (χ2n) is 8.20. The maximum Gasteiger partial charge on any atom is 0.133 e. The molecule has 2 aliphatic rings. The number of nitriles is 2. The Balaban J connectivity index is 2.17. The van der Waals surface area contributed by atoms with Gasteiger partial charge in [0.2, 0.25) is 0 Å². The van der Waals surface area contributed by atoms with E-state index in [1.807, 2.05) is 14.1 Å². The van der Waals surface area contributed by atoms with Crippen molar-refractivity contribution >= 4 is 11.8 Å². The second kappa shape index (κ2) is 5.78. The summed E-state index contributed by atoms with van der Waals surface area (Å²) in [6.07, 6.45) is 4.37. The SMILES string of the molecule is CN(C)c1ccc(/C=C2/C(=C(C#N)C#N)[C@H]3CC[C@@]2(C)C3(C)C)cc1. The van der Waals surface area contributed by atoms with Crippen LogP contribution in [0, 0.1) is 39.4 Å². The molecule has 3 heteroatoms. The van der Waals surface area contributed by atoms with Crippen LogP contribution in [0.25, 0.3) is 6.08 Å². The first kappa shape index (κ1) is 17.3. The van der Waals surface area contributed by atoms with Gasteiger partial charge in [-0.25, -0.2) is 0 Å². The van der Waals surface area contributed by atoms with Gasteiger partial charge in [-0.1, -0.05) is 39.0 Å². The van der Waals surface area contributed by atoms with Crippen molar-refractivity contribution in [1.29, 1.82) is 10.5 Å². The van der Waals surface area contributed by atoms with E-state index in [1.165, 1.54) is 5.57 Å². The van der Waals surface area contributed by atoms with Crippen molar-refractivity contribution in [3.8, 4) is 12.1 Å². The third-order valence-electron chi connectivity index (χ3n) is 6.67. The number of nitrogens with zero attached hydrogens (tertiary/aromatic N) is 3. The third-order valence-corrected chi connectivity index (χ3v) is 6.67. The minimum atomic E-state index is 0.00612. The van der Waals surface area contributed by atoms with Crippen LogP contribution in [0.1, 0.15) is 39.2 Å². The zero-order chi connectivity index (χ0) is 18.4. The standard InChI is InChI=1S/C22H25N3/c1-21(2)18-10-11-22(21,3)19(20(18)16(13-23)14-24)12-15-6-8-17(9-7-15)25(4)5/h6-9,12,18H,10-11H2,1-5H3/b19-12-/t18-,22-/m1/s1. The van der Waals surface area contributed by atoms with Gasteiger partial charge in [0, 0.05) is 19.8 Å². The molecule has 0 amide bonds. The summed E-state index contributed by atoms with van der Waals surface area (Å²) in [6, 6.07) is 12.7. The lowest BCUT2D eigenvalue weighted by molar-refractivity contribution is 0.183. The zero-order valence-corrected chi connectivity index (χ0v) is 15.7. The van der Waals surface area contributed by atoms with E-state index in [4.69, 9.17) is 0 Å². The van der Waals surface area contributed by atoms with Gasteiger partial charge in [0.15, 0.2) is 0 Å². The Hall–Kier alpha value is -2.52. The van der Waals surface area contributed by atoms with Gasteiger partial charge in [0.1, 0.15) is 17.7 Å². The molecule has 1 aromatic rings. The summed E-state index contributed by atoms with van der Waals surface area (Å²) >= 11 is 0. The fourth-order valence-electron chi connectivity index (χ4n) is 4.70. The summed E-state index contributed by atoms with van der Waals surface area (Å²) in [5.41, 5.74) is 4.82. The van der Waals surface area contributed by atoms with Gasteiger partial charge in [0.05, 0.1) is 0 Å². The van der Waals surface area contributed by atoms with E-state index in [2.05, 4.69) is 68.2 Å². The highest BCUT2D eigenvalue weighted by Crippen LogP contribution is 2.70. The Bertz CT molecular complexity index is 825. The lowest BCUT2D eigenvalue weighted by Crippen LogP contribution is -2.27. The van der Waals surface area contributed by atoms with E-state index in [-0.39, 0.29) is 16.4 Å². The van der Waals surface area contributed by atoms with Crippen LogP contribution in [0.4, 0.5) is 5.69 Å². The highest BCUT2D eigenvalue weighted by atomic mass is 15.1. The van der Waals surface area contributed by atoms with Crippen molar-refractivity contribution in [3.63, 3.8) is 0 Å². The first-order valence-electron chi connectivity index (χ1n) is 8.80. The summed E-state index contributed by atoms with van der Waals surface area (Å²) in [5.74, 6) is 0.291. The van der Waals surface area contributed by atoms with Crippen molar-refractivity contribution in [1.82, 2.24) is 0 Å². The predicted molar refractivity (Wildman–Crippen MR) is 102 cm³/mol. The molecule has 2 atom stereocenters. The summed E-state index contributed by atoms with van der Waals surface area (Å²) in [5, 5.41) is 19.0. The molecule has 25 heavy (non-hydrogen) atoms. The van der Waals surface area contributed by atoms with Gasteiger partial charge < -0.3 is 4.90 Å². The number of hydrogen-bond acceptors (Lipinski definition) is 3. The van der Waals surface area contributed by atoms with E-state index < -0.39 is 0 Å². The number of anilines is 1. The molecule has 2 aliphatic carbocycles. The fraction of sp³-hybridized carbons (Fsp3) is 0.455. The van der Waals surface area contributed by atoms with Crippen molar-refractivity contribution in [3.05, 3.63) is 46.5 Å². The minimum absolute atomic E-state index is 0.00612. The lowest BCUT2D eigenvalue weighted by Gasteiger charge is -2.35. The third kappa shape index (κ3) is 2.38. The van der Waals surface area contributed by atoms with Crippen LogP contribution in [-0.2, 0) is 0 Å². The molecule has 1 aromatic carbocycles. The molecule has 0 saturated heterocycles. The number of hydrogen-bond donors (Lipinski definition) is 0. The first-order valence-corrected chi connectivity index (χ1v) is 8.80. The fourth-order valence-corrected chi connectivity index (χ4v) is 4.70. The Morgan fingerprint density at radius 3 is 2.24 bits per heavy atom. The molecular weight excluding hydrogens is 306 g/mol. The Kier molecular flexibility index (Phi) is 4.00. The quantitative estimate of drug-likeness (QED) is 0.722. The van der Waals surface area contributed by atoms with E-state index in [0.717, 1.165) is 29.7 Å². The van der Waals surface area contributed by atoms with Gasteiger partial charge in [-0.05, 0) is 58.4 Å². The van der Waals surface area contributed by atoms with Crippen molar-refractivity contribution < 1.29 is 0 Å². The topological polar surface area (TPSA) is 50.8 Å². The summed E-state index contributed by atoms with van der Waals surface area (Å²) in [7, 11) is 4.06. The number of fused-ring (bicyclic) bond motifs is 2. The Morgan fingerprint density at radius 1 is 1.12 bits per heavy atom. The Labute approximate surface area is 150 Å². The molecule has 0 radical (unpaired) electrons. The van der Waals surface area contributed by atoms with Gasteiger partial charge in [-0.15, -0.1) is 0 Å². The first-order chi connectivity index (χ1) is 11.8. The van der Waals surface area contributed by atoms with Crippen LogP contribution in [0.3, 0.4) is 0 Å². The van der Waals surface area contributed by atoms with Crippen LogP contribution in [0.15, 0.2) is 41.0 Å². The maximum absolute atomic E-state index is 9.49. The molecule has 0 aliphatic heterocycles. The largest absolute Gasteiger partial charge is 0.378 e. The molecule has 0 heterocycles. The Morgan fingerprint density at radius 2 is 1.72 bits per heavy atom. The van der Waals surface area contributed by atoms with E-state index in [0.29, 0.717) is 5.92 Å². The van der Waals surface area contributed by atoms with Crippen molar-refractivity contribution in [2.45, 2.75) is 33.6 Å². The number of allylic oxidation sites excluding steroid dienone is 3. The highest BCUT2D eigenvalue weighted by molar-refractivity contribution is 5.69. The molecule has 0 aromatic heterocycles. The summed E-state index contributed by atoms with van der Waals surface area (Å²) in [4.78, 5) is 2.08. The number of benzene rings is 1. The van der Waals surface area contributed by atoms with Crippen LogP contribution in [0.2, 0.25) is 0 Å². The van der Waals surface area contributed by atoms with Crippen LogP contribution in [-0.4, -0.2) is 14.1 Å². The van der Waals surface area contributed by atoms with E-state index >= 15 is 0 Å². The average Bonchev–Trinajstić information content (AvgIpc) is 2.90. The van der Waals surface area contributed by atoms with E-state index in [1.54, 1.807) is 0 Å². The second-order valence-corrected chi connectivity index (χ2v) is 8.20. The molecule has 0 N–H and O–H groups in total. The molecule has 3 rings (SSSR count). The molecule has 2 fully saturated rings. The lowest BCUT2D eigenvalue weighted by atomic mass is 9.69. The molecule has 2 bridgehead atoms. The van der Waals surface area contributed by atoms with Gasteiger partial charge >= 0.3 is 0 Å². The van der Waals surface area contributed by atoms with Crippen LogP contribution < -0.4 is 4.90 Å². The van der Waals surface area contributed by atoms with Gasteiger partial charge in [-0.2, -0.15) is 10.5 Å². The van der Waals surface area contributed by atoms with Crippen molar-refractivity contribution in [2.24, 2.45) is 16.7 Å². The molecule has 3 nitrogen and oxygen atoms in total. The molecule has 0 spiro atoms. The van der Waals surface area contributed by atoms with Crippen molar-refractivity contribution in [2.75, 3.05) is 19.0 Å². The monoisotopic (exact) mass is 331 g/mol. The highest BCUT2D eigenvalue weighted by Gasteiger charge is 2.62. The summed E-state index contributed by atoms with van der Waals surface area (Å²) < 4.78 is 0. The average molecular weight is 331 g/mol. The van der Waals surface area contributed by atoms with Crippen LogP contribution >= 0.6 is 0 Å². The molecule has 0 unspecified atom stereocenters.